The first-order valence-corrected chi connectivity index (χ1v) is 7.86. The predicted octanol–water partition coefficient (Wildman–Crippen LogP) is 4.93. The van der Waals surface area contributed by atoms with Crippen molar-refractivity contribution in [2.75, 3.05) is 5.32 Å². The molecule has 21 heavy (non-hydrogen) atoms. The molecule has 3 rings (SSSR count). The van der Waals surface area contributed by atoms with E-state index in [9.17, 15) is 0 Å². The van der Waals surface area contributed by atoms with E-state index < -0.39 is 0 Å². The van der Waals surface area contributed by atoms with Gasteiger partial charge in [-0.2, -0.15) is 0 Å². The number of hydrogen-bond donors (Lipinski definition) is 1. The van der Waals surface area contributed by atoms with Gasteiger partial charge in [0.25, 0.3) is 0 Å². The first-order chi connectivity index (χ1) is 10.3. The van der Waals surface area contributed by atoms with E-state index in [1.165, 1.54) is 42.5 Å². The Balaban J connectivity index is 1.55. The van der Waals surface area contributed by atoms with Gasteiger partial charge in [-0.05, 0) is 61.9 Å². The van der Waals surface area contributed by atoms with Crippen LogP contribution < -0.4 is 10.1 Å². The van der Waals surface area contributed by atoms with Crippen LogP contribution in [-0.2, 0) is 6.54 Å². The number of rotatable bonds is 5. The zero-order valence-electron chi connectivity index (χ0n) is 12.6. The van der Waals surface area contributed by atoms with Crippen molar-refractivity contribution < 1.29 is 4.74 Å². The minimum Gasteiger partial charge on any atom is -0.490 e. The molecule has 110 valence electrons. The fraction of sp³-hybridized carbons (Fsp3) is 0.368. The molecule has 0 spiro atoms. The second-order valence-corrected chi connectivity index (χ2v) is 5.84. The van der Waals surface area contributed by atoms with Gasteiger partial charge in [0.2, 0.25) is 0 Å². The van der Waals surface area contributed by atoms with Crippen molar-refractivity contribution in [3.8, 4) is 5.75 Å². The predicted molar refractivity (Wildman–Crippen MR) is 87.8 cm³/mol. The Morgan fingerprint density at radius 1 is 1.00 bits per heavy atom. The normalized spacial score (nSPS) is 15.1. The maximum atomic E-state index is 5.99. The minimum atomic E-state index is 0.431. The molecule has 0 saturated heterocycles. The number of ether oxygens (including phenoxy) is 1. The van der Waals surface area contributed by atoms with E-state index >= 15 is 0 Å². The van der Waals surface area contributed by atoms with Crippen molar-refractivity contribution in [2.24, 2.45) is 0 Å². The highest BCUT2D eigenvalue weighted by Gasteiger charge is 2.16. The Morgan fingerprint density at radius 3 is 2.43 bits per heavy atom. The lowest BCUT2D eigenvalue weighted by Crippen LogP contribution is -2.10. The first kappa shape index (κ1) is 14.0. The van der Waals surface area contributed by atoms with Crippen molar-refractivity contribution in [1.29, 1.82) is 0 Å². The van der Waals surface area contributed by atoms with Gasteiger partial charge in [0.1, 0.15) is 5.75 Å². The highest BCUT2D eigenvalue weighted by atomic mass is 16.5. The molecule has 1 N–H and O–H groups in total. The molecule has 0 atom stereocenters. The Hall–Kier alpha value is -1.96. The van der Waals surface area contributed by atoms with Crippen LogP contribution >= 0.6 is 0 Å². The molecule has 0 aliphatic heterocycles. The van der Waals surface area contributed by atoms with Crippen molar-refractivity contribution in [3.63, 3.8) is 0 Å². The van der Waals surface area contributed by atoms with Crippen molar-refractivity contribution in [3.05, 3.63) is 59.7 Å². The Labute approximate surface area is 127 Å². The summed E-state index contributed by atoms with van der Waals surface area (Å²) in [7, 11) is 0. The minimum absolute atomic E-state index is 0.431. The third kappa shape index (κ3) is 3.78. The number of hydrogen-bond acceptors (Lipinski definition) is 2. The zero-order chi connectivity index (χ0) is 14.5. The molecule has 2 nitrogen and oxygen atoms in total. The molecule has 2 heteroatoms. The number of anilines is 1. The van der Waals surface area contributed by atoms with Crippen molar-refractivity contribution >= 4 is 5.69 Å². The van der Waals surface area contributed by atoms with E-state index in [4.69, 9.17) is 4.74 Å². The van der Waals surface area contributed by atoms with Crippen LogP contribution in [0.2, 0.25) is 0 Å². The van der Waals surface area contributed by atoms with E-state index in [1.54, 1.807) is 0 Å². The van der Waals surface area contributed by atoms with Gasteiger partial charge in [0.05, 0.1) is 6.10 Å². The lowest BCUT2D eigenvalue weighted by molar-refractivity contribution is 0.210. The zero-order valence-corrected chi connectivity index (χ0v) is 12.6. The van der Waals surface area contributed by atoms with E-state index in [2.05, 4.69) is 60.8 Å². The van der Waals surface area contributed by atoms with Gasteiger partial charge >= 0.3 is 0 Å². The van der Waals surface area contributed by atoms with E-state index in [0.29, 0.717) is 6.10 Å². The lowest BCUT2D eigenvalue weighted by atomic mass is 10.1. The first-order valence-electron chi connectivity index (χ1n) is 7.86. The second-order valence-electron chi connectivity index (χ2n) is 5.84. The van der Waals surface area contributed by atoms with Crippen LogP contribution in [-0.4, -0.2) is 6.10 Å². The van der Waals surface area contributed by atoms with Gasteiger partial charge in [-0.3, -0.25) is 0 Å². The monoisotopic (exact) mass is 281 g/mol. The molecule has 2 aromatic rings. The van der Waals surface area contributed by atoms with Crippen LogP contribution in [0.15, 0.2) is 48.5 Å². The van der Waals surface area contributed by atoms with Gasteiger partial charge in [-0.25, -0.2) is 0 Å². The summed E-state index contributed by atoms with van der Waals surface area (Å²) in [6.07, 6.45) is 5.46. The highest BCUT2D eigenvalue weighted by molar-refractivity contribution is 5.50. The van der Waals surface area contributed by atoms with Crippen LogP contribution in [0.5, 0.6) is 5.75 Å². The van der Waals surface area contributed by atoms with Gasteiger partial charge < -0.3 is 10.1 Å². The van der Waals surface area contributed by atoms with Crippen LogP contribution in [0, 0.1) is 6.92 Å². The van der Waals surface area contributed by atoms with Gasteiger partial charge in [0, 0.05) is 12.2 Å². The maximum absolute atomic E-state index is 5.99. The largest absolute Gasteiger partial charge is 0.490 e. The van der Waals surface area contributed by atoms with Crippen molar-refractivity contribution in [2.45, 2.75) is 45.3 Å². The Kier molecular flexibility index (Phi) is 4.44. The average molecular weight is 281 g/mol. The third-order valence-corrected chi connectivity index (χ3v) is 4.16. The lowest BCUT2D eigenvalue weighted by Gasteiger charge is -2.14. The van der Waals surface area contributed by atoms with E-state index in [0.717, 1.165) is 12.3 Å². The standard InChI is InChI=1S/C19H23NO/c1-15-6-2-5-9-19(15)20-14-16-10-12-18(13-11-16)21-17-7-3-4-8-17/h2,5-6,9-13,17,20H,3-4,7-8,14H2,1H3. The molecule has 0 bridgehead atoms. The van der Waals surface area contributed by atoms with Crippen molar-refractivity contribution in [1.82, 2.24) is 0 Å². The molecule has 1 fully saturated rings. The number of para-hydroxylation sites is 1. The fourth-order valence-corrected chi connectivity index (χ4v) is 2.85. The van der Waals surface area contributed by atoms with Gasteiger partial charge in [0.15, 0.2) is 0 Å². The number of benzene rings is 2. The SMILES string of the molecule is Cc1ccccc1NCc1ccc(OC2CCCC2)cc1. The van der Waals surface area contributed by atoms with Crippen LogP contribution in [0.3, 0.4) is 0 Å². The Bertz CT molecular complexity index is 570. The molecule has 0 unspecified atom stereocenters. The quantitative estimate of drug-likeness (QED) is 0.839. The smallest absolute Gasteiger partial charge is 0.119 e. The summed E-state index contributed by atoms with van der Waals surface area (Å²) < 4.78 is 5.99. The summed E-state index contributed by atoms with van der Waals surface area (Å²) in [5.74, 6) is 1.00. The van der Waals surface area contributed by atoms with Gasteiger partial charge in [-0.15, -0.1) is 0 Å². The summed E-state index contributed by atoms with van der Waals surface area (Å²) in [6.45, 7) is 2.97. The summed E-state index contributed by atoms with van der Waals surface area (Å²) in [6, 6.07) is 16.9. The second kappa shape index (κ2) is 6.66. The summed E-state index contributed by atoms with van der Waals surface area (Å²) in [4.78, 5) is 0. The topological polar surface area (TPSA) is 21.3 Å². The van der Waals surface area contributed by atoms with Crippen LogP contribution in [0.25, 0.3) is 0 Å². The Morgan fingerprint density at radius 2 is 1.71 bits per heavy atom. The molecule has 0 heterocycles. The molecule has 0 aromatic heterocycles. The van der Waals surface area contributed by atoms with Crippen LogP contribution in [0.4, 0.5) is 5.69 Å². The van der Waals surface area contributed by atoms with E-state index in [-0.39, 0.29) is 0 Å². The molecular weight excluding hydrogens is 258 g/mol. The van der Waals surface area contributed by atoms with E-state index in [1.807, 2.05) is 0 Å². The fourth-order valence-electron chi connectivity index (χ4n) is 2.85. The third-order valence-electron chi connectivity index (χ3n) is 4.16. The molecule has 1 saturated carbocycles. The molecule has 1 aliphatic rings. The number of nitrogens with one attached hydrogen (secondary N) is 1. The summed E-state index contributed by atoms with van der Waals surface area (Å²) >= 11 is 0. The summed E-state index contributed by atoms with van der Waals surface area (Å²) in [5, 5.41) is 3.48. The molecule has 0 radical (unpaired) electrons. The maximum Gasteiger partial charge on any atom is 0.119 e. The van der Waals surface area contributed by atoms with Crippen LogP contribution in [0.1, 0.15) is 36.8 Å². The summed E-state index contributed by atoms with van der Waals surface area (Å²) in [5.41, 5.74) is 3.75. The molecule has 0 amide bonds. The molecule has 2 aromatic carbocycles. The number of aryl methyl sites for hydroxylation is 1. The highest BCUT2D eigenvalue weighted by Crippen LogP contribution is 2.24. The molecular formula is C19H23NO. The van der Waals surface area contributed by atoms with Gasteiger partial charge in [-0.1, -0.05) is 30.3 Å². The average Bonchev–Trinajstić information content (AvgIpc) is 3.01. The molecule has 1 aliphatic carbocycles.